The lowest BCUT2D eigenvalue weighted by atomic mass is 10.1. The largest absolute Gasteiger partial charge is 0.395 e. The van der Waals surface area contributed by atoms with Gasteiger partial charge in [0, 0.05) is 31.6 Å². The van der Waals surface area contributed by atoms with Crippen molar-refractivity contribution in [3.63, 3.8) is 0 Å². The molecule has 1 aromatic rings. The number of ether oxygens (including phenoxy) is 1. The van der Waals surface area contributed by atoms with E-state index in [1.54, 1.807) is 6.07 Å². The molecule has 0 aliphatic carbocycles. The minimum absolute atomic E-state index is 0.0265. The first-order valence-electron chi connectivity index (χ1n) is 7.34. The maximum Gasteiger partial charge on any atom is 0.124 e. The Balaban J connectivity index is 2.07. The van der Waals surface area contributed by atoms with Crippen LogP contribution in [0.5, 0.6) is 0 Å². The van der Waals surface area contributed by atoms with E-state index in [0.29, 0.717) is 18.5 Å². The van der Waals surface area contributed by atoms with Gasteiger partial charge < -0.3 is 9.84 Å². The lowest BCUT2D eigenvalue weighted by Gasteiger charge is -2.35. The van der Waals surface area contributed by atoms with E-state index in [9.17, 15) is 4.39 Å². The van der Waals surface area contributed by atoms with Crippen LogP contribution in [0.2, 0.25) is 0 Å². The summed E-state index contributed by atoms with van der Waals surface area (Å²) in [5, 5.41) is 8.72. The van der Waals surface area contributed by atoms with Crippen LogP contribution < -0.4 is 0 Å². The highest BCUT2D eigenvalue weighted by Crippen LogP contribution is 2.16. The van der Waals surface area contributed by atoms with E-state index in [-0.39, 0.29) is 24.6 Å². The monoisotopic (exact) mass is 291 g/mol. The molecule has 1 aliphatic heterocycles. The number of benzene rings is 1. The molecular weight excluding hydrogens is 269 g/mol. The minimum Gasteiger partial charge on any atom is -0.395 e. The van der Waals surface area contributed by atoms with Gasteiger partial charge in [0.1, 0.15) is 5.82 Å². The molecule has 0 amide bonds. The molecule has 0 radical (unpaired) electrons. The zero-order valence-electron chi connectivity index (χ0n) is 12.6. The fraction of sp³-hybridized carbons (Fsp3) is 0.529. The van der Waals surface area contributed by atoms with Crippen molar-refractivity contribution >= 4 is 0 Å². The van der Waals surface area contributed by atoms with E-state index >= 15 is 0 Å². The van der Waals surface area contributed by atoms with Gasteiger partial charge in [0.25, 0.3) is 0 Å². The quantitative estimate of drug-likeness (QED) is 0.866. The summed E-state index contributed by atoms with van der Waals surface area (Å²) >= 11 is 0. The van der Waals surface area contributed by atoms with Crippen LogP contribution in [0.25, 0.3) is 0 Å². The van der Waals surface area contributed by atoms with E-state index in [1.165, 1.54) is 6.07 Å². The predicted octanol–water partition coefficient (Wildman–Crippen LogP) is 2.17. The first-order chi connectivity index (χ1) is 10.1. The van der Waals surface area contributed by atoms with Crippen molar-refractivity contribution < 1.29 is 14.2 Å². The summed E-state index contributed by atoms with van der Waals surface area (Å²) in [6.07, 6.45) is 0.807. The Morgan fingerprint density at radius 3 is 2.67 bits per heavy atom. The Bertz CT molecular complexity index is 525. The van der Waals surface area contributed by atoms with Gasteiger partial charge in [-0.15, -0.1) is 0 Å². The molecule has 1 aliphatic rings. The molecule has 1 fully saturated rings. The summed E-state index contributed by atoms with van der Waals surface area (Å²) in [6.45, 7) is 6.54. The number of aliphatic hydroxyl groups is 1. The second kappa shape index (κ2) is 7.56. The highest BCUT2D eigenvalue weighted by Gasteiger charge is 2.22. The van der Waals surface area contributed by atoms with Crippen molar-refractivity contribution in [3.05, 3.63) is 35.1 Å². The van der Waals surface area contributed by atoms with Crippen molar-refractivity contribution in [1.29, 1.82) is 0 Å². The minimum atomic E-state index is -0.268. The van der Waals surface area contributed by atoms with Crippen LogP contribution in [0.1, 0.15) is 31.4 Å². The van der Waals surface area contributed by atoms with Crippen LogP contribution in [0, 0.1) is 17.7 Å². The second-order valence-electron chi connectivity index (χ2n) is 5.57. The molecule has 0 saturated carbocycles. The number of morpholine rings is 1. The number of halogens is 1. The van der Waals surface area contributed by atoms with Crippen LogP contribution in [-0.2, 0) is 11.3 Å². The summed E-state index contributed by atoms with van der Waals surface area (Å²) in [6, 6.07) is 4.90. The van der Waals surface area contributed by atoms with E-state index in [4.69, 9.17) is 9.84 Å². The van der Waals surface area contributed by atoms with Crippen molar-refractivity contribution in [1.82, 2.24) is 4.90 Å². The molecule has 2 unspecified atom stereocenters. The topological polar surface area (TPSA) is 32.7 Å². The van der Waals surface area contributed by atoms with Gasteiger partial charge in [0.15, 0.2) is 0 Å². The van der Waals surface area contributed by atoms with Gasteiger partial charge >= 0.3 is 0 Å². The molecule has 1 N–H and O–H groups in total. The van der Waals surface area contributed by atoms with Crippen molar-refractivity contribution in [2.75, 3.05) is 19.7 Å². The molecule has 3 nitrogen and oxygen atoms in total. The Hall–Kier alpha value is -1.41. The Labute approximate surface area is 125 Å². The van der Waals surface area contributed by atoms with Crippen LogP contribution in [0.3, 0.4) is 0 Å². The van der Waals surface area contributed by atoms with Gasteiger partial charge in [-0.1, -0.05) is 11.8 Å². The summed E-state index contributed by atoms with van der Waals surface area (Å²) in [5.41, 5.74) is 1.58. The number of rotatable bonds is 3. The van der Waals surface area contributed by atoms with Gasteiger partial charge in [0.2, 0.25) is 0 Å². The summed E-state index contributed by atoms with van der Waals surface area (Å²) in [4.78, 5) is 2.28. The number of nitrogens with zero attached hydrogens (tertiary/aromatic N) is 1. The average Bonchev–Trinajstić information content (AvgIpc) is 2.37. The van der Waals surface area contributed by atoms with Gasteiger partial charge in [-0.3, -0.25) is 4.90 Å². The number of hydrogen-bond donors (Lipinski definition) is 1. The Kier molecular flexibility index (Phi) is 5.75. The van der Waals surface area contributed by atoms with Crippen molar-refractivity contribution in [2.45, 2.75) is 39.0 Å². The van der Waals surface area contributed by atoms with E-state index in [0.717, 1.165) is 18.7 Å². The fourth-order valence-corrected chi connectivity index (χ4v) is 2.71. The van der Waals surface area contributed by atoms with Gasteiger partial charge in [-0.2, -0.15) is 0 Å². The van der Waals surface area contributed by atoms with Gasteiger partial charge in [-0.05, 0) is 37.6 Å². The summed E-state index contributed by atoms with van der Waals surface area (Å²) in [5.74, 6) is 5.44. The molecule has 21 heavy (non-hydrogen) atoms. The molecule has 2 rings (SSSR count). The standard InChI is InChI=1S/C17H22FNO2/c1-13-10-19(11-14(2)21-13)12-16-7-15(5-3-4-6-20)8-17(18)9-16/h7-9,13-14,20H,4,6,10-12H2,1-2H3. The molecule has 2 atom stereocenters. The third-order valence-corrected chi connectivity index (χ3v) is 3.33. The summed E-state index contributed by atoms with van der Waals surface area (Å²) < 4.78 is 19.4. The Morgan fingerprint density at radius 2 is 2.00 bits per heavy atom. The molecular formula is C17H22FNO2. The lowest BCUT2D eigenvalue weighted by molar-refractivity contribution is -0.0705. The Morgan fingerprint density at radius 1 is 1.29 bits per heavy atom. The maximum absolute atomic E-state index is 13.7. The molecule has 0 bridgehead atoms. The zero-order valence-corrected chi connectivity index (χ0v) is 12.6. The third kappa shape index (κ3) is 5.13. The molecule has 114 valence electrons. The number of aliphatic hydroxyl groups excluding tert-OH is 1. The van der Waals surface area contributed by atoms with Crippen LogP contribution in [0.15, 0.2) is 18.2 Å². The van der Waals surface area contributed by atoms with Gasteiger partial charge in [-0.25, -0.2) is 4.39 Å². The predicted molar refractivity (Wildman–Crippen MR) is 80.3 cm³/mol. The molecule has 1 heterocycles. The SMILES string of the molecule is CC1CN(Cc2cc(F)cc(C#CCCO)c2)CC(C)O1. The fourth-order valence-electron chi connectivity index (χ4n) is 2.71. The zero-order chi connectivity index (χ0) is 15.2. The van der Waals surface area contributed by atoms with E-state index < -0.39 is 0 Å². The second-order valence-corrected chi connectivity index (χ2v) is 5.57. The first kappa shape index (κ1) is 16.0. The third-order valence-electron chi connectivity index (χ3n) is 3.33. The van der Waals surface area contributed by atoms with Crippen LogP contribution >= 0.6 is 0 Å². The summed E-state index contributed by atoms with van der Waals surface area (Å²) in [7, 11) is 0. The first-order valence-corrected chi connectivity index (χ1v) is 7.34. The van der Waals surface area contributed by atoms with Gasteiger partial charge in [0.05, 0.1) is 18.8 Å². The smallest absolute Gasteiger partial charge is 0.124 e. The molecule has 4 heteroatoms. The van der Waals surface area contributed by atoms with E-state index in [2.05, 4.69) is 30.6 Å². The van der Waals surface area contributed by atoms with E-state index in [1.807, 2.05) is 6.07 Å². The molecule has 0 spiro atoms. The molecule has 0 aromatic heterocycles. The average molecular weight is 291 g/mol. The van der Waals surface area contributed by atoms with Crippen molar-refractivity contribution in [3.8, 4) is 11.8 Å². The van der Waals surface area contributed by atoms with Crippen molar-refractivity contribution in [2.24, 2.45) is 0 Å². The highest BCUT2D eigenvalue weighted by molar-refractivity contribution is 5.37. The molecule has 1 saturated heterocycles. The van der Waals surface area contributed by atoms with Crippen LogP contribution in [0.4, 0.5) is 4.39 Å². The highest BCUT2D eigenvalue weighted by atomic mass is 19.1. The molecule has 1 aromatic carbocycles. The number of hydrogen-bond acceptors (Lipinski definition) is 3. The van der Waals surface area contributed by atoms with Crippen LogP contribution in [-0.4, -0.2) is 41.9 Å². The normalized spacial score (nSPS) is 22.7. The maximum atomic E-state index is 13.7. The lowest BCUT2D eigenvalue weighted by Crippen LogP contribution is -2.44.